The lowest BCUT2D eigenvalue weighted by Gasteiger charge is -2.33. The van der Waals surface area contributed by atoms with E-state index in [0.29, 0.717) is 32.2 Å². The van der Waals surface area contributed by atoms with E-state index in [4.69, 9.17) is 9.15 Å². The van der Waals surface area contributed by atoms with Crippen LogP contribution in [0.2, 0.25) is 0 Å². The summed E-state index contributed by atoms with van der Waals surface area (Å²) in [4.78, 5) is 17.1. The normalized spacial score (nSPS) is 22.5. The lowest BCUT2D eigenvalue weighted by molar-refractivity contribution is -0.135. The summed E-state index contributed by atoms with van der Waals surface area (Å²) in [5.41, 5.74) is 0. The number of ether oxygens (including phenoxy) is 1. The molecule has 1 aromatic heterocycles. The van der Waals surface area contributed by atoms with E-state index in [9.17, 15) is 13.2 Å². The van der Waals surface area contributed by atoms with Gasteiger partial charge in [0.05, 0.1) is 37.5 Å². The molecule has 0 aromatic carbocycles. The fourth-order valence-corrected chi connectivity index (χ4v) is 5.90. The largest absolute Gasteiger partial charge is 0.468 e. The van der Waals surface area contributed by atoms with E-state index >= 15 is 0 Å². The third-order valence-corrected chi connectivity index (χ3v) is 7.37. The van der Waals surface area contributed by atoms with Crippen molar-refractivity contribution in [2.45, 2.75) is 50.7 Å². The maximum atomic E-state index is 13.1. The minimum Gasteiger partial charge on any atom is -0.468 e. The first-order valence-electron chi connectivity index (χ1n) is 9.74. The SMILES string of the molecule is COCCN(C(=O)CN(Cc1ccco1)C1CCCC1)C1CCS(=O)(=O)C1. The number of carbonyl (C=O) groups is 1. The molecule has 2 heterocycles. The standard InChI is InChI=1S/C19H30N2O5S/c1-25-11-9-21(17-8-12-27(23,24)15-17)19(22)14-20(16-5-2-3-6-16)13-18-7-4-10-26-18/h4,7,10,16-17H,2-3,5-6,8-9,11-15H2,1H3. The molecule has 7 nitrogen and oxygen atoms in total. The summed E-state index contributed by atoms with van der Waals surface area (Å²) < 4.78 is 34.4. The van der Waals surface area contributed by atoms with Crippen molar-refractivity contribution in [2.75, 3.05) is 38.3 Å². The summed E-state index contributed by atoms with van der Waals surface area (Å²) >= 11 is 0. The average Bonchev–Trinajstić information content (AvgIpc) is 3.36. The van der Waals surface area contributed by atoms with Crippen molar-refractivity contribution in [3.05, 3.63) is 24.2 Å². The van der Waals surface area contributed by atoms with Crippen LogP contribution in [0.25, 0.3) is 0 Å². The van der Waals surface area contributed by atoms with Gasteiger partial charge in [0.15, 0.2) is 9.84 Å². The zero-order valence-corrected chi connectivity index (χ0v) is 16.8. The molecule has 1 aliphatic carbocycles. The predicted molar refractivity (Wildman–Crippen MR) is 102 cm³/mol. The fraction of sp³-hybridized carbons (Fsp3) is 0.737. The molecule has 1 saturated carbocycles. The van der Waals surface area contributed by atoms with Gasteiger partial charge in [-0.2, -0.15) is 0 Å². The van der Waals surface area contributed by atoms with Gasteiger partial charge in [-0.1, -0.05) is 12.8 Å². The van der Waals surface area contributed by atoms with Gasteiger partial charge in [-0.3, -0.25) is 9.69 Å². The van der Waals surface area contributed by atoms with Gasteiger partial charge in [-0.05, 0) is 31.4 Å². The molecule has 1 atom stereocenters. The van der Waals surface area contributed by atoms with Crippen molar-refractivity contribution in [2.24, 2.45) is 0 Å². The lowest BCUT2D eigenvalue weighted by atomic mass is 10.1. The van der Waals surface area contributed by atoms with Crippen LogP contribution in [0.15, 0.2) is 22.8 Å². The van der Waals surface area contributed by atoms with Crippen molar-refractivity contribution in [3.63, 3.8) is 0 Å². The molecule has 0 N–H and O–H groups in total. The van der Waals surface area contributed by atoms with Crippen molar-refractivity contribution < 1.29 is 22.4 Å². The minimum atomic E-state index is -3.05. The van der Waals surface area contributed by atoms with Gasteiger partial charge in [0, 0.05) is 25.7 Å². The summed E-state index contributed by atoms with van der Waals surface area (Å²) in [6.45, 7) is 1.72. The summed E-state index contributed by atoms with van der Waals surface area (Å²) in [6, 6.07) is 3.92. The number of hydrogen-bond donors (Lipinski definition) is 0. The maximum Gasteiger partial charge on any atom is 0.237 e. The molecule has 1 aliphatic heterocycles. The Labute approximate surface area is 161 Å². The summed E-state index contributed by atoms with van der Waals surface area (Å²) in [5.74, 6) is 1.05. The Morgan fingerprint density at radius 2 is 2.04 bits per heavy atom. The highest BCUT2D eigenvalue weighted by atomic mass is 32.2. The Kier molecular flexibility index (Phi) is 6.94. The number of carbonyl (C=O) groups excluding carboxylic acids is 1. The molecule has 3 rings (SSSR count). The number of sulfone groups is 1. The quantitative estimate of drug-likeness (QED) is 0.630. The van der Waals surface area contributed by atoms with Crippen molar-refractivity contribution in [3.8, 4) is 0 Å². The second-order valence-electron chi connectivity index (χ2n) is 7.56. The molecular formula is C19H30N2O5S. The summed E-state index contributed by atoms with van der Waals surface area (Å²) in [7, 11) is -1.45. The second kappa shape index (κ2) is 9.21. The summed E-state index contributed by atoms with van der Waals surface area (Å²) in [6.07, 6.45) is 6.70. The minimum absolute atomic E-state index is 0.0207. The first-order chi connectivity index (χ1) is 13.0. The summed E-state index contributed by atoms with van der Waals surface area (Å²) in [5, 5.41) is 0. The van der Waals surface area contributed by atoms with Gasteiger partial charge in [0.25, 0.3) is 0 Å². The molecule has 0 radical (unpaired) electrons. The van der Waals surface area contributed by atoms with E-state index in [1.54, 1.807) is 18.3 Å². The average molecular weight is 399 g/mol. The first kappa shape index (κ1) is 20.4. The van der Waals surface area contributed by atoms with Crippen LogP contribution in [0.5, 0.6) is 0 Å². The molecule has 1 unspecified atom stereocenters. The van der Waals surface area contributed by atoms with Crippen LogP contribution < -0.4 is 0 Å². The van der Waals surface area contributed by atoms with Crippen molar-refractivity contribution in [1.82, 2.24) is 9.80 Å². The number of nitrogens with zero attached hydrogens (tertiary/aromatic N) is 2. The third-order valence-electron chi connectivity index (χ3n) is 5.62. The molecule has 1 amide bonds. The number of methoxy groups -OCH3 is 1. The highest BCUT2D eigenvalue weighted by Gasteiger charge is 2.35. The van der Waals surface area contributed by atoms with Gasteiger partial charge in [-0.15, -0.1) is 0 Å². The van der Waals surface area contributed by atoms with Crippen LogP contribution in [0.4, 0.5) is 0 Å². The highest BCUT2D eigenvalue weighted by Crippen LogP contribution is 2.26. The van der Waals surface area contributed by atoms with E-state index in [2.05, 4.69) is 4.90 Å². The van der Waals surface area contributed by atoms with Gasteiger partial charge in [-0.25, -0.2) is 8.42 Å². The molecule has 0 bridgehead atoms. The van der Waals surface area contributed by atoms with E-state index in [1.165, 1.54) is 12.8 Å². The number of amides is 1. The zero-order chi connectivity index (χ0) is 19.3. The van der Waals surface area contributed by atoms with Crippen LogP contribution in [0, 0.1) is 0 Å². The molecular weight excluding hydrogens is 368 g/mol. The monoisotopic (exact) mass is 398 g/mol. The Balaban J connectivity index is 1.70. The highest BCUT2D eigenvalue weighted by molar-refractivity contribution is 7.91. The van der Waals surface area contributed by atoms with Gasteiger partial charge in [0.2, 0.25) is 5.91 Å². The molecule has 27 heavy (non-hydrogen) atoms. The molecule has 8 heteroatoms. The van der Waals surface area contributed by atoms with Crippen molar-refractivity contribution in [1.29, 1.82) is 0 Å². The Morgan fingerprint density at radius 3 is 2.63 bits per heavy atom. The number of rotatable bonds is 9. The van der Waals surface area contributed by atoms with Gasteiger partial charge < -0.3 is 14.1 Å². The molecule has 0 spiro atoms. The molecule has 1 saturated heterocycles. The smallest absolute Gasteiger partial charge is 0.237 e. The molecule has 2 fully saturated rings. The van der Waals surface area contributed by atoms with Crippen LogP contribution in [-0.2, 0) is 25.9 Å². The molecule has 152 valence electrons. The maximum absolute atomic E-state index is 13.1. The van der Waals surface area contributed by atoms with E-state index in [0.717, 1.165) is 18.6 Å². The fourth-order valence-electron chi connectivity index (χ4n) is 4.17. The van der Waals surface area contributed by atoms with E-state index in [-0.39, 0.29) is 30.0 Å². The van der Waals surface area contributed by atoms with Crippen LogP contribution in [0.1, 0.15) is 37.9 Å². The van der Waals surface area contributed by atoms with Crippen LogP contribution in [-0.4, -0.2) is 74.5 Å². The Bertz CT molecular complexity index is 698. The zero-order valence-electron chi connectivity index (χ0n) is 16.0. The van der Waals surface area contributed by atoms with Crippen LogP contribution in [0.3, 0.4) is 0 Å². The Hall–Kier alpha value is -1.38. The topological polar surface area (TPSA) is 80.1 Å². The van der Waals surface area contributed by atoms with Gasteiger partial charge in [0.1, 0.15) is 5.76 Å². The number of furan rings is 1. The number of hydrogen-bond acceptors (Lipinski definition) is 6. The Morgan fingerprint density at radius 1 is 1.26 bits per heavy atom. The third kappa shape index (κ3) is 5.56. The predicted octanol–water partition coefficient (Wildman–Crippen LogP) is 1.69. The van der Waals surface area contributed by atoms with Crippen molar-refractivity contribution >= 4 is 15.7 Å². The second-order valence-corrected chi connectivity index (χ2v) is 9.79. The van der Waals surface area contributed by atoms with Crippen LogP contribution >= 0.6 is 0 Å². The molecule has 2 aliphatic rings. The van der Waals surface area contributed by atoms with E-state index < -0.39 is 9.84 Å². The van der Waals surface area contributed by atoms with E-state index in [1.807, 2.05) is 12.1 Å². The lowest BCUT2D eigenvalue weighted by Crippen LogP contribution is -2.49. The first-order valence-corrected chi connectivity index (χ1v) is 11.6. The van der Waals surface area contributed by atoms with Gasteiger partial charge >= 0.3 is 0 Å². The molecule has 1 aromatic rings.